The summed E-state index contributed by atoms with van der Waals surface area (Å²) in [4.78, 5) is 9.74. The molecule has 0 aliphatic carbocycles. The number of aliphatic hydroxyl groups is 1. The highest BCUT2D eigenvalue weighted by Gasteiger charge is 2.13. The molecule has 0 aliphatic rings. The first kappa shape index (κ1) is 12.6. The average molecular weight is 227 g/mol. The number of halogens is 1. The van der Waals surface area contributed by atoms with E-state index in [0.29, 0.717) is 12.0 Å². The maximum absolute atomic E-state index is 13.4. The molecule has 1 aromatic rings. The van der Waals surface area contributed by atoms with E-state index in [1.807, 2.05) is 6.92 Å². The van der Waals surface area contributed by atoms with Crippen LogP contribution in [-0.2, 0) is 6.42 Å². The molecule has 1 aromatic carbocycles. The van der Waals surface area contributed by atoms with Crippen LogP contribution in [0.15, 0.2) is 18.2 Å². The molecule has 0 amide bonds. The standard InChI is InChI=1S/C11H14FNO3/c1-2-3-10(14)6-8-4-5-9(13(15)16)7-11(8)12/h4-5,7,10,14H,2-3,6H2,1H3. The number of nitro benzene ring substituents is 1. The van der Waals surface area contributed by atoms with Crippen LogP contribution in [0.2, 0.25) is 0 Å². The molecule has 1 N–H and O–H groups in total. The fourth-order valence-electron chi connectivity index (χ4n) is 1.50. The van der Waals surface area contributed by atoms with Crippen LogP contribution in [0, 0.1) is 15.9 Å². The molecule has 0 bridgehead atoms. The summed E-state index contributed by atoms with van der Waals surface area (Å²) in [5.74, 6) is -0.635. The van der Waals surface area contributed by atoms with E-state index in [1.54, 1.807) is 0 Å². The molecule has 1 atom stereocenters. The third-order valence-electron chi connectivity index (χ3n) is 2.32. The van der Waals surface area contributed by atoms with Crippen molar-refractivity contribution in [1.82, 2.24) is 0 Å². The molecule has 4 nitrogen and oxygen atoms in total. The summed E-state index contributed by atoms with van der Waals surface area (Å²) in [5.41, 5.74) is 0.0396. The summed E-state index contributed by atoms with van der Waals surface area (Å²) < 4.78 is 13.4. The van der Waals surface area contributed by atoms with Crippen LogP contribution >= 0.6 is 0 Å². The minimum absolute atomic E-state index is 0.192. The minimum atomic E-state index is -0.644. The molecule has 0 aromatic heterocycles. The van der Waals surface area contributed by atoms with Crippen LogP contribution in [0.5, 0.6) is 0 Å². The van der Waals surface area contributed by atoms with E-state index >= 15 is 0 Å². The van der Waals surface area contributed by atoms with Crippen molar-refractivity contribution >= 4 is 5.69 Å². The molecule has 0 radical (unpaired) electrons. The number of nitrogens with zero attached hydrogens (tertiary/aromatic N) is 1. The van der Waals surface area contributed by atoms with Crippen LogP contribution in [0.1, 0.15) is 25.3 Å². The number of benzene rings is 1. The summed E-state index contributed by atoms with van der Waals surface area (Å²) in [7, 11) is 0. The van der Waals surface area contributed by atoms with Gasteiger partial charge < -0.3 is 5.11 Å². The number of nitro groups is 1. The molecule has 5 heteroatoms. The number of non-ortho nitro benzene ring substituents is 1. The number of aliphatic hydroxyl groups excluding tert-OH is 1. The lowest BCUT2D eigenvalue weighted by Crippen LogP contribution is -2.11. The van der Waals surface area contributed by atoms with Gasteiger partial charge in [0.25, 0.3) is 5.69 Å². The summed E-state index contributed by atoms with van der Waals surface area (Å²) in [6.45, 7) is 1.93. The second-order valence-electron chi connectivity index (χ2n) is 3.68. The third-order valence-corrected chi connectivity index (χ3v) is 2.32. The van der Waals surface area contributed by atoms with E-state index in [0.717, 1.165) is 12.5 Å². The van der Waals surface area contributed by atoms with Gasteiger partial charge in [-0.3, -0.25) is 10.1 Å². The first-order valence-corrected chi connectivity index (χ1v) is 5.15. The number of hydrogen-bond donors (Lipinski definition) is 1. The first-order chi connectivity index (χ1) is 7.54. The largest absolute Gasteiger partial charge is 0.393 e. The number of hydrogen-bond acceptors (Lipinski definition) is 3. The van der Waals surface area contributed by atoms with Gasteiger partial charge in [0.15, 0.2) is 0 Å². The molecule has 0 saturated carbocycles. The van der Waals surface area contributed by atoms with Gasteiger partial charge in [-0.05, 0) is 18.1 Å². The van der Waals surface area contributed by atoms with Crippen molar-refractivity contribution in [2.45, 2.75) is 32.3 Å². The molecule has 0 heterocycles. The smallest absolute Gasteiger partial charge is 0.272 e. The predicted molar refractivity (Wildman–Crippen MR) is 57.7 cm³/mol. The van der Waals surface area contributed by atoms with Crippen molar-refractivity contribution in [3.8, 4) is 0 Å². The van der Waals surface area contributed by atoms with Crippen molar-refractivity contribution in [3.05, 3.63) is 39.7 Å². The Morgan fingerprint density at radius 3 is 2.75 bits per heavy atom. The lowest BCUT2D eigenvalue weighted by atomic mass is 10.0. The van der Waals surface area contributed by atoms with E-state index in [-0.39, 0.29) is 12.1 Å². The van der Waals surface area contributed by atoms with E-state index < -0.39 is 16.8 Å². The topological polar surface area (TPSA) is 63.4 Å². The van der Waals surface area contributed by atoms with Crippen molar-refractivity contribution in [2.75, 3.05) is 0 Å². The molecule has 1 unspecified atom stereocenters. The monoisotopic (exact) mass is 227 g/mol. The van der Waals surface area contributed by atoms with Crippen LogP contribution in [0.25, 0.3) is 0 Å². The van der Waals surface area contributed by atoms with Crippen molar-refractivity contribution in [1.29, 1.82) is 0 Å². The SMILES string of the molecule is CCCC(O)Cc1ccc([N+](=O)[O-])cc1F. The Labute approximate surface area is 92.9 Å². The van der Waals surface area contributed by atoms with E-state index in [2.05, 4.69) is 0 Å². The Bertz CT molecular complexity index is 381. The zero-order valence-electron chi connectivity index (χ0n) is 9.02. The van der Waals surface area contributed by atoms with Gasteiger partial charge in [0.2, 0.25) is 0 Å². The van der Waals surface area contributed by atoms with E-state index in [9.17, 15) is 19.6 Å². The Morgan fingerprint density at radius 1 is 1.56 bits per heavy atom. The molecule has 88 valence electrons. The summed E-state index contributed by atoms with van der Waals surface area (Å²) in [5, 5.41) is 19.9. The van der Waals surface area contributed by atoms with Crippen LogP contribution in [-0.4, -0.2) is 16.1 Å². The van der Waals surface area contributed by atoms with Crippen molar-refractivity contribution in [2.24, 2.45) is 0 Å². The maximum Gasteiger partial charge on any atom is 0.272 e. The zero-order chi connectivity index (χ0) is 12.1. The predicted octanol–water partition coefficient (Wildman–Crippen LogP) is 2.44. The second-order valence-corrected chi connectivity index (χ2v) is 3.68. The number of rotatable bonds is 5. The molecule has 0 fully saturated rings. The highest BCUT2D eigenvalue weighted by atomic mass is 19.1. The zero-order valence-corrected chi connectivity index (χ0v) is 9.02. The Hall–Kier alpha value is -1.49. The molecule has 0 aliphatic heterocycles. The normalized spacial score (nSPS) is 12.4. The third kappa shape index (κ3) is 3.27. The lowest BCUT2D eigenvalue weighted by Gasteiger charge is -2.09. The fourth-order valence-corrected chi connectivity index (χ4v) is 1.50. The Kier molecular flexibility index (Phi) is 4.37. The molecular weight excluding hydrogens is 213 g/mol. The van der Waals surface area contributed by atoms with Gasteiger partial charge in [-0.2, -0.15) is 0 Å². The van der Waals surface area contributed by atoms with Gasteiger partial charge in [0, 0.05) is 12.5 Å². The molecule has 0 saturated heterocycles. The average Bonchev–Trinajstić information content (AvgIpc) is 2.21. The fraction of sp³-hybridized carbons (Fsp3) is 0.455. The van der Waals surface area contributed by atoms with Gasteiger partial charge in [-0.1, -0.05) is 13.3 Å². The first-order valence-electron chi connectivity index (χ1n) is 5.15. The van der Waals surface area contributed by atoms with Crippen LogP contribution < -0.4 is 0 Å². The van der Waals surface area contributed by atoms with Gasteiger partial charge in [0.1, 0.15) is 5.82 Å². The Balaban J connectivity index is 2.79. The van der Waals surface area contributed by atoms with Gasteiger partial charge in [0.05, 0.1) is 17.1 Å². The molecule has 1 rings (SSSR count). The molecule has 0 spiro atoms. The van der Waals surface area contributed by atoms with Gasteiger partial charge in [-0.25, -0.2) is 4.39 Å². The highest BCUT2D eigenvalue weighted by Crippen LogP contribution is 2.18. The van der Waals surface area contributed by atoms with Crippen molar-refractivity contribution in [3.63, 3.8) is 0 Å². The van der Waals surface area contributed by atoms with Crippen LogP contribution in [0.4, 0.5) is 10.1 Å². The quantitative estimate of drug-likeness (QED) is 0.620. The molecule has 16 heavy (non-hydrogen) atoms. The van der Waals surface area contributed by atoms with E-state index in [1.165, 1.54) is 12.1 Å². The van der Waals surface area contributed by atoms with Crippen molar-refractivity contribution < 1.29 is 14.4 Å². The summed E-state index contributed by atoms with van der Waals surface area (Å²) >= 11 is 0. The maximum atomic E-state index is 13.4. The summed E-state index contributed by atoms with van der Waals surface area (Å²) in [6, 6.07) is 3.48. The second kappa shape index (κ2) is 5.55. The lowest BCUT2D eigenvalue weighted by molar-refractivity contribution is -0.385. The van der Waals surface area contributed by atoms with Gasteiger partial charge in [-0.15, -0.1) is 0 Å². The van der Waals surface area contributed by atoms with E-state index in [4.69, 9.17) is 0 Å². The van der Waals surface area contributed by atoms with Crippen LogP contribution in [0.3, 0.4) is 0 Å². The molecular formula is C11H14FNO3. The van der Waals surface area contributed by atoms with Gasteiger partial charge >= 0.3 is 0 Å². The minimum Gasteiger partial charge on any atom is -0.393 e. The highest BCUT2D eigenvalue weighted by molar-refractivity contribution is 5.34. The Morgan fingerprint density at radius 2 is 2.25 bits per heavy atom. The summed E-state index contributed by atoms with van der Waals surface area (Å²) in [6.07, 6.45) is 1.00.